The van der Waals surface area contributed by atoms with Gasteiger partial charge in [-0.2, -0.15) is 23.4 Å². The second kappa shape index (κ2) is 25.9. The largest absolute Gasteiger partial charge is 0.416 e. The molecule has 0 aliphatic carbocycles. The number of aliphatic hydroxyl groups is 1. The molecule has 18 nitrogen and oxygen atoms in total. The summed E-state index contributed by atoms with van der Waals surface area (Å²) in [5.41, 5.74) is 6.17. The molecule has 0 radical (unpaired) electrons. The van der Waals surface area contributed by atoms with Gasteiger partial charge in [0.1, 0.15) is 18.6 Å². The van der Waals surface area contributed by atoms with Crippen molar-refractivity contribution in [1.29, 1.82) is 0 Å². The Hall–Kier alpha value is -8.24. The van der Waals surface area contributed by atoms with Crippen molar-refractivity contribution in [2.24, 2.45) is 5.41 Å². The van der Waals surface area contributed by atoms with Gasteiger partial charge in [-0.1, -0.05) is 82.9 Å². The number of hydrogen-bond donors (Lipinski definition) is 7. The van der Waals surface area contributed by atoms with E-state index < -0.39 is 53.1 Å². The van der Waals surface area contributed by atoms with Gasteiger partial charge in [0, 0.05) is 66.4 Å². The minimum Gasteiger partial charge on any atom is -0.391 e. The number of aromatic nitrogens is 5. The average molecular weight is 1130 g/mol. The summed E-state index contributed by atoms with van der Waals surface area (Å²) in [4.78, 5) is 86.2. The summed E-state index contributed by atoms with van der Waals surface area (Å²) in [7, 11) is 0. The van der Waals surface area contributed by atoms with Gasteiger partial charge in [0.2, 0.25) is 29.5 Å². The lowest BCUT2D eigenvalue weighted by molar-refractivity contribution is -0.144. The molecular weight excluding hydrogens is 1060 g/mol. The van der Waals surface area contributed by atoms with Gasteiger partial charge < -0.3 is 36.6 Å². The van der Waals surface area contributed by atoms with Crippen molar-refractivity contribution in [3.63, 3.8) is 0 Å². The summed E-state index contributed by atoms with van der Waals surface area (Å²) in [6.45, 7) is 8.89. The number of alkyl halides is 3. The summed E-state index contributed by atoms with van der Waals surface area (Å²) >= 11 is 1.56. The first-order chi connectivity index (χ1) is 38.6. The van der Waals surface area contributed by atoms with Crippen molar-refractivity contribution >= 4 is 74.9 Å². The average Bonchev–Trinajstić information content (AvgIpc) is 4.40. The van der Waals surface area contributed by atoms with Gasteiger partial charge in [-0.25, -0.2) is 4.98 Å². The predicted octanol–water partition coefficient (Wildman–Crippen LogP) is 9.94. The highest BCUT2D eigenvalue weighted by atomic mass is 32.1. The maximum atomic E-state index is 14.0. The number of unbranched alkanes of at least 4 members (excludes halogenated alkanes) is 5. The second-order valence-corrected chi connectivity index (χ2v) is 22.3. The normalized spacial score (nSPS) is 14.9. The van der Waals surface area contributed by atoms with Crippen LogP contribution in [0.4, 0.5) is 30.4 Å². The van der Waals surface area contributed by atoms with Gasteiger partial charge in [-0.3, -0.25) is 38.5 Å². The molecule has 3 atom stereocenters. The number of nitrogens with zero attached hydrogens (tertiary/aromatic N) is 5. The van der Waals surface area contributed by atoms with E-state index in [0.29, 0.717) is 52.8 Å². The maximum absolute atomic E-state index is 14.0. The van der Waals surface area contributed by atoms with Crippen LogP contribution in [0.2, 0.25) is 0 Å². The molecule has 0 unspecified atom stereocenters. The van der Waals surface area contributed by atoms with Crippen LogP contribution in [0.3, 0.4) is 0 Å². The number of hydrogen-bond acceptors (Lipinski definition) is 11. The summed E-state index contributed by atoms with van der Waals surface area (Å²) < 4.78 is 41.4. The van der Waals surface area contributed by atoms with Crippen LogP contribution in [0.1, 0.15) is 111 Å². The summed E-state index contributed by atoms with van der Waals surface area (Å²) in [6, 6.07) is 21.5. The molecular formula is C59H66F3N11O7S. The number of aryl methyl sites for hydroxylation is 2. The molecule has 0 spiro atoms. The van der Waals surface area contributed by atoms with Crippen molar-refractivity contribution in [1.82, 2.24) is 40.5 Å². The Balaban J connectivity index is 0.708. The number of aliphatic hydroxyl groups excluding tert-OH is 1. The fraction of sp³-hybridized carbons (Fsp3) is 0.373. The summed E-state index contributed by atoms with van der Waals surface area (Å²) in [5, 5.41) is 36.7. The van der Waals surface area contributed by atoms with Crippen LogP contribution in [-0.2, 0) is 43.2 Å². The first-order valence-corrected chi connectivity index (χ1v) is 27.7. The highest BCUT2D eigenvalue weighted by Gasteiger charge is 2.44. The van der Waals surface area contributed by atoms with Gasteiger partial charge in [-0.15, -0.1) is 11.3 Å². The number of benzene rings is 4. The molecule has 8 rings (SSSR count). The zero-order valence-electron chi connectivity index (χ0n) is 45.7. The molecule has 4 heterocycles. The Kier molecular flexibility index (Phi) is 18.8. The Morgan fingerprint density at radius 1 is 0.778 bits per heavy atom. The topological polar surface area (TPSA) is 245 Å². The first kappa shape index (κ1) is 58.9. The Bertz CT molecular complexity index is 3390. The van der Waals surface area contributed by atoms with Crippen LogP contribution in [0.5, 0.6) is 0 Å². The highest BCUT2D eigenvalue weighted by molar-refractivity contribution is 7.13. The van der Waals surface area contributed by atoms with E-state index in [-0.39, 0.29) is 61.4 Å². The number of anilines is 3. The lowest BCUT2D eigenvalue weighted by Crippen LogP contribution is -2.57. The number of thiazole rings is 1. The van der Waals surface area contributed by atoms with Gasteiger partial charge in [0.25, 0.3) is 5.91 Å². The van der Waals surface area contributed by atoms with Crippen LogP contribution in [0.15, 0.2) is 103 Å². The number of H-pyrrole nitrogens is 1. The van der Waals surface area contributed by atoms with Crippen molar-refractivity contribution in [2.75, 3.05) is 22.5 Å². The van der Waals surface area contributed by atoms with E-state index in [0.717, 1.165) is 59.0 Å². The van der Waals surface area contributed by atoms with Crippen molar-refractivity contribution in [3.05, 3.63) is 131 Å². The Morgan fingerprint density at radius 2 is 1.44 bits per heavy atom. The lowest BCUT2D eigenvalue weighted by Gasteiger charge is -2.35. The zero-order valence-corrected chi connectivity index (χ0v) is 46.5. The summed E-state index contributed by atoms with van der Waals surface area (Å²) in [6.07, 6.45) is 3.04. The van der Waals surface area contributed by atoms with Crippen LogP contribution in [0.25, 0.3) is 32.5 Å². The van der Waals surface area contributed by atoms with E-state index in [2.05, 4.69) is 46.9 Å². The van der Waals surface area contributed by atoms with Crippen LogP contribution >= 0.6 is 11.3 Å². The molecule has 81 heavy (non-hydrogen) atoms. The fourth-order valence-electron chi connectivity index (χ4n) is 9.65. The zero-order chi connectivity index (χ0) is 58.0. The number of nitrogens with one attached hydrogen (secondary N) is 6. The van der Waals surface area contributed by atoms with Gasteiger partial charge in [0.05, 0.1) is 39.5 Å². The van der Waals surface area contributed by atoms with Crippen molar-refractivity contribution in [2.45, 2.75) is 130 Å². The number of carbonyl (C=O) groups is 6. The number of β-amino-alcohol motifs (C(OH)–C–C–N with tert-alkyl or cyclic N) is 1. The number of carbonyl (C=O) groups excluding carboxylic acids is 6. The molecule has 1 fully saturated rings. The van der Waals surface area contributed by atoms with E-state index in [1.165, 1.54) is 28.6 Å². The molecule has 4 aromatic carbocycles. The quantitative estimate of drug-likeness (QED) is 0.0317. The molecule has 7 N–H and O–H groups in total. The molecule has 7 aromatic rings. The molecule has 426 valence electrons. The van der Waals surface area contributed by atoms with Gasteiger partial charge >= 0.3 is 6.18 Å². The minimum atomic E-state index is -4.55. The molecule has 1 saturated heterocycles. The van der Waals surface area contributed by atoms with Gasteiger partial charge in [0.15, 0.2) is 5.82 Å². The number of amides is 6. The third-order valence-corrected chi connectivity index (χ3v) is 15.1. The molecule has 1 aliphatic rings. The highest BCUT2D eigenvalue weighted by Crippen LogP contribution is 2.34. The smallest absolute Gasteiger partial charge is 0.391 e. The number of halogens is 3. The Labute approximate surface area is 470 Å². The molecule has 0 bridgehead atoms. The van der Waals surface area contributed by atoms with Crippen molar-refractivity contribution < 1.29 is 47.0 Å². The number of likely N-dealkylation sites (tertiary alicyclic amines) is 1. The lowest BCUT2D eigenvalue weighted by atomic mass is 9.85. The third-order valence-electron chi connectivity index (χ3n) is 14.1. The number of rotatable bonds is 22. The first-order valence-electron chi connectivity index (χ1n) is 26.8. The van der Waals surface area contributed by atoms with E-state index >= 15 is 0 Å². The monoisotopic (exact) mass is 1130 g/mol. The minimum absolute atomic E-state index is 0.00770. The number of aromatic amines is 1. The maximum Gasteiger partial charge on any atom is 0.416 e. The fourth-order valence-corrected chi connectivity index (χ4v) is 10.5. The molecule has 1 aliphatic heterocycles. The van der Waals surface area contributed by atoms with E-state index in [1.807, 2.05) is 52.0 Å². The summed E-state index contributed by atoms with van der Waals surface area (Å²) in [5.74, 6) is -1.86. The Morgan fingerprint density at radius 3 is 2.12 bits per heavy atom. The van der Waals surface area contributed by atoms with E-state index in [4.69, 9.17) is 0 Å². The molecule has 0 saturated carbocycles. The van der Waals surface area contributed by atoms with E-state index in [1.54, 1.807) is 71.7 Å². The van der Waals surface area contributed by atoms with Crippen molar-refractivity contribution in [3.8, 4) is 21.6 Å². The van der Waals surface area contributed by atoms with Crippen LogP contribution in [0, 0.1) is 19.3 Å². The van der Waals surface area contributed by atoms with Crippen LogP contribution in [-0.4, -0.2) is 95.1 Å². The standard InChI is InChI=1S/C59H66F3N11O7S/c1-35-14-22-43(27-46(35)59(60,61)62)67-51(77)33-72-31-41(30-65-72)40-21-25-45-47(26-40)70-71-54(45)69-55(78)39-19-23-42(24-20-39)66-49(75)12-10-8-6-7-9-11-13-50(76)68-53(58(3,4)5)57(80)73-32-44(74)28-48(73)56(79)63-29-37-15-17-38(18-16-37)52-36(2)64-34-81-52/h14-27,30-31,34,44,48,53,74H,6-13,28-29,32-33H2,1-5H3,(H,63,79)(H,66,75)(H,67,77)(H,68,76)(H2,69,70,71,78)/t44-,48-,53+/m0/s1. The van der Waals surface area contributed by atoms with Crippen LogP contribution < -0.4 is 26.6 Å². The number of fused-ring (bicyclic) bond motifs is 1. The molecule has 22 heteroatoms. The SMILES string of the molecule is Cc1ccc(NC(=O)Cn2cc(-c3ccc4c(NC(=O)c5ccc(NC(=O)CCCCCCCCC(=O)N[C@H](C(=O)N6C[C@@H](O)C[C@H]6C(=O)NCc6ccc(-c7scnc7C)cc6)C(C)(C)C)cc5)n[nH]c4c3)cn2)cc1C(F)(F)F. The molecule has 3 aromatic heterocycles. The third kappa shape index (κ3) is 15.6. The van der Waals surface area contributed by atoms with Gasteiger partial charge in [-0.05, 0) is 103 Å². The van der Waals surface area contributed by atoms with E-state index in [9.17, 15) is 47.0 Å². The predicted molar refractivity (Wildman–Crippen MR) is 304 cm³/mol. The second-order valence-electron chi connectivity index (χ2n) is 21.5. The molecule has 6 amide bonds.